The van der Waals surface area contributed by atoms with Crippen LogP contribution in [0.15, 0.2) is 30.3 Å². The highest BCUT2D eigenvalue weighted by Gasteiger charge is 2.31. The maximum Gasteiger partial charge on any atom is 0.407 e. The first kappa shape index (κ1) is 26.0. The molecule has 0 saturated carbocycles. The van der Waals surface area contributed by atoms with Gasteiger partial charge in [0.25, 0.3) is 0 Å². The fourth-order valence-corrected chi connectivity index (χ4v) is 6.24. The number of amides is 2. The van der Waals surface area contributed by atoms with Crippen LogP contribution < -0.4 is 4.74 Å². The number of hydrogen-bond donors (Lipinski definition) is 1. The molecule has 8 nitrogen and oxygen atoms in total. The summed E-state index contributed by atoms with van der Waals surface area (Å²) in [6.07, 6.45) is 7.97. The third-order valence-electron chi connectivity index (χ3n) is 8.69. The predicted molar refractivity (Wildman–Crippen MR) is 142 cm³/mol. The van der Waals surface area contributed by atoms with E-state index in [4.69, 9.17) is 14.6 Å². The number of ether oxygens (including phenoxy) is 2. The van der Waals surface area contributed by atoms with Gasteiger partial charge in [-0.2, -0.15) is 0 Å². The van der Waals surface area contributed by atoms with Crippen molar-refractivity contribution < 1.29 is 24.2 Å². The number of hydrogen-bond acceptors (Lipinski definition) is 5. The van der Waals surface area contributed by atoms with Crippen LogP contribution in [-0.4, -0.2) is 96.9 Å². The van der Waals surface area contributed by atoms with E-state index in [0.717, 1.165) is 90.1 Å². The van der Waals surface area contributed by atoms with Gasteiger partial charge in [0.2, 0.25) is 5.91 Å². The second-order valence-corrected chi connectivity index (χ2v) is 11.0. The Balaban J connectivity index is 1.05. The van der Waals surface area contributed by atoms with Gasteiger partial charge in [0.05, 0.1) is 19.8 Å². The van der Waals surface area contributed by atoms with Crippen LogP contribution in [0.4, 0.5) is 4.79 Å². The highest BCUT2D eigenvalue weighted by Crippen LogP contribution is 2.33. The van der Waals surface area contributed by atoms with Crippen molar-refractivity contribution in [2.75, 3.05) is 59.1 Å². The minimum absolute atomic E-state index is 0.110. The van der Waals surface area contributed by atoms with E-state index in [0.29, 0.717) is 37.6 Å². The van der Waals surface area contributed by atoms with E-state index < -0.39 is 6.09 Å². The van der Waals surface area contributed by atoms with E-state index in [1.165, 1.54) is 16.0 Å². The molecule has 3 aliphatic heterocycles. The molecule has 37 heavy (non-hydrogen) atoms. The zero-order chi connectivity index (χ0) is 25.6. The summed E-state index contributed by atoms with van der Waals surface area (Å²) in [5, 5.41) is 9.08. The Morgan fingerprint density at radius 1 is 0.892 bits per heavy atom. The maximum absolute atomic E-state index is 13.2. The predicted octanol–water partition coefficient (Wildman–Crippen LogP) is 3.96. The summed E-state index contributed by atoms with van der Waals surface area (Å²) >= 11 is 0. The molecular weight excluding hydrogens is 470 g/mol. The lowest BCUT2D eigenvalue weighted by atomic mass is 9.85. The number of carbonyl (C=O) groups excluding carboxylic acids is 1. The van der Waals surface area contributed by atoms with Crippen LogP contribution in [-0.2, 0) is 9.53 Å². The summed E-state index contributed by atoms with van der Waals surface area (Å²) in [6, 6.07) is 8.89. The van der Waals surface area contributed by atoms with Gasteiger partial charge in [-0.25, -0.2) is 4.79 Å². The Labute approximate surface area is 220 Å². The van der Waals surface area contributed by atoms with E-state index in [2.05, 4.69) is 28.0 Å². The fraction of sp³-hybridized carbons (Fsp3) is 0.655. The van der Waals surface area contributed by atoms with E-state index in [1.807, 2.05) is 12.1 Å². The minimum atomic E-state index is -0.827. The maximum atomic E-state index is 13.2. The smallest absolute Gasteiger partial charge is 0.407 e. The van der Waals surface area contributed by atoms with Crippen molar-refractivity contribution in [3.05, 3.63) is 35.9 Å². The zero-order valence-corrected chi connectivity index (χ0v) is 21.9. The molecule has 0 radical (unpaired) electrons. The van der Waals surface area contributed by atoms with Crippen LogP contribution in [0.5, 0.6) is 5.75 Å². The van der Waals surface area contributed by atoms with Gasteiger partial charge in [-0.1, -0.05) is 18.2 Å². The van der Waals surface area contributed by atoms with E-state index >= 15 is 0 Å². The van der Waals surface area contributed by atoms with Crippen LogP contribution >= 0.6 is 0 Å². The Morgan fingerprint density at radius 3 is 2.19 bits per heavy atom. The van der Waals surface area contributed by atoms with Crippen molar-refractivity contribution >= 4 is 17.6 Å². The van der Waals surface area contributed by atoms with Gasteiger partial charge in [0, 0.05) is 51.2 Å². The van der Waals surface area contributed by atoms with Gasteiger partial charge in [-0.05, 0) is 74.1 Å². The molecule has 3 saturated heterocycles. The fourth-order valence-electron chi connectivity index (χ4n) is 6.24. The van der Waals surface area contributed by atoms with Crippen LogP contribution in [0.3, 0.4) is 0 Å². The summed E-state index contributed by atoms with van der Waals surface area (Å²) in [7, 11) is 0. The van der Waals surface area contributed by atoms with Gasteiger partial charge in [-0.15, -0.1) is 0 Å². The van der Waals surface area contributed by atoms with E-state index in [1.54, 1.807) is 0 Å². The van der Waals surface area contributed by atoms with Gasteiger partial charge in [-0.3, -0.25) is 9.69 Å². The second-order valence-electron chi connectivity index (χ2n) is 11.0. The lowest BCUT2D eigenvalue weighted by molar-refractivity contribution is -0.137. The number of piperidine rings is 2. The largest absolute Gasteiger partial charge is 0.493 e. The van der Waals surface area contributed by atoms with Gasteiger partial charge >= 0.3 is 6.09 Å². The lowest BCUT2D eigenvalue weighted by Gasteiger charge is -2.41. The molecular formula is C29H41N3O5. The Hall–Kier alpha value is -2.58. The summed E-state index contributed by atoms with van der Waals surface area (Å²) in [6.45, 7) is 7.29. The number of morpholine rings is 1. The zero-order valence-electron chi connectivity index (χ0n) is 21.9. The molecule has 0 bridgehead atoms. The van der Waals surface area contributed by atoms with E-state index in [-0.39, 0.29) is 5.92 Å². The van der Waals surface area contributed by atoms with Gasteiger partial charge in [0.15, 0.2) is 0 Å². The number of carboxylic acid groups (broad SMARTS) is 1. The number of likely N-dealkylation sites (tertiary alicyclic amines) is 2. The van der Waals surface area contributed by atoms with Crippen LogP contribution in [0.2, 0.25) is 0 Å². The van der Waals surface area contributed by atoms with Crippen LogP contribution in [0.1, 0.15) is 50.5 Å². The molecule has 202 valence electrons. The Morgan fingerprint density at radius 2 is 1.57 bits per heavy atom. The first-order valence-corrected chi connectivity index (χ1v) is 14.1. The average molecular weight is 512 g/mol. The van der Waals surface area contributed by atoms with Gasteiger partial charge < -0.3 is 24.4 Å². The summed E-state index contributed by atoms with van der Waals surface area (Å²) in [5.74, 6) is 1.71. The SMILES string of the molecule is O=C(O)N1CCC(COc2ccc(C3=CCC(C(=O)N4CCC(N5CCOCC5)CC4)CC3)cc2)CC1. The summed E-state index contributed by atoms with van der Waals surface area (Å²) in [4.78, 5) is 30.4. The van der Waals surface area contributed by atoms with Crippen molar-refractivity contribution in [2.45, 2.75) is 51.0 Å². The molecule has 5 rings (SSSR count). The molecule has 4 aliphatic rings. The third-order valence-corrected chi connectivity index (χ3v) is 8.69. The van der Waals surface area contributed by atoms with Crippen LogP contribution in [0.25, 0.3) is 5.57 Å². The third kappa shape index (κ3) is 6.65. The number of carbonyl (C=O) groups is 2. The van der Waals surface area contributed by atoms with E-state index in [9.17, 15) is 9.59 Å². The van der Waals surface area contributed by atoms with Gasteiger partial charge in [0.1, 0.15) is 5.75 Å². The van der Waals surface area contributed by atoms with Crippen molar-refractivity contribution in [1.29, 1.82) is 0 Å². The Kier molecular flexibility index (Phi) is 8.66. The van der Waals surface area contributed by atoms with Crippen LogP contribution in [0, 0.1) is 11.8 Å². The van der Waals surface area contributed by atoms with Crippen molar-refractivity contribution in [2.24, 2.45) is 11.8 Å². The second kappa shape index (κ2) is 12.3. The Bertz CT molecular complexity index is 943. The summed E-state index contributed by atoms with van der Waals surface area (Å²) in [5.41, 5.74) is 2.53. The van der Waals surface area contributed by atoms with Crippen molar-refractivity contribution in [3.63, 3.8) is 0 Å². The molecule has 1 aromatic rings. The number of rotatable bonds is 6. The molecule has 2 amide bonds. The normalized spacial score (nSPS) is 24.5. The average Bonchev–Trinajstić information content (AvgIpc) is 2.97. The topological polar surface area (TPSA) is 82.5 Å². The molecule has 1 N–H and O–H groups in total. The molecule has 3 fully saturated rings. The number of nitrogens with zero attached hydrogens (tertiary/aromatic N) is 3. The highest BCUT2D eigenvalue weighted by atomic mass is 16.5. The molecule has 0 spiro atoms. The quantitative estimate of drug-likeness (QED) is 0.623. The first-order valence-electron chi connectivity index (χ1n) is 14.1. The monoisotopic (exact) mass is 511 g/mol. The molecule has 1 atom stereocenters. The molecule has 1 unspecified atom stereocenters. The number of allylic oxidation sites excluding steroid dienone is 2. The molecule has 1 aliphatic carbocycles. The van der Waals surface area contributed by atoms with Crippen molar-refractivity contribution in [3.8, 4) is 5.75 Å². The molecule has 0 aromatic heterocycles. The van der Waals surface area contributed by atoms with Crippen molar-refractivity contribution in [1.82, 2.24) is 14.7 Å². The lowest BCUT2D eigenvalue weighted by Crippen LogP contribution is -2.51. The minimum Gasteiger partial charge on any atom is -0.493 e. The number of benzene rings is 1. The highest BCUT2D eigenvalue weighted by molar-refractivity contribution is 5.81. The molecule has 3 heterocycles. The standard InChI is InChI=1S/C29H41N3O5/c33-28(31-15-11-26(12-16-31)30-17-19-36-20-18-30)25-3-1-23(2-4-25)24-5-7-27(8-6-24)37-21-22-9-13-32(14-10-22)29(34)35/h1,5-8,22,25-26H,2-4,9-21H2,(H,34,35). The first-order chi connectivity index (χ1) is 18.1. The molecule has 8 heteroatoms. The summed E-state index contributed by atoms with van der Waals surface area (Å²) < 4.78 is 11.5. The molecule has 1 aromatic carbocycles.